The summed E-state index contributed by atoms with van der Waals surface area (Å²) in [7, 11) is 0. The van der Waals surface area contributed by atoms with Crippen molar-refractivity contribution in [1.29, 1.82) is 0 Å². The van der Waals surface area contributed by atoms with E-state index in [0.717, 1.165) is 37.4 Å². The normalized spacial score (nSPS) is 23.1. The molecule has 1 aliphatic rings. The molecule has 5 heteroatoms. The third-order valence-corrected chi connectivity index (χ3v) is 3.67. The highest BCUT2D eigenvalue weighted by molar-refractivity contribution is 5.42. The number of rotatable bonds is 6. The maximum atomic E-state index is 9.42. The topological polar surface area (TPSA) is 70.1 Å². The van der Waals surface area contributed by atoms with Gasteiger partial charge in [-0.15, -0.1) is 0 Å². The monoisotopic (exact) mass is 264 g/mol. The molecule has 1 saturated carbocycles. The van der Waals surface area contributed by atoms with Crippen molar-refractivity contribution in [3.63, 3.8) is 0 Å². The molecule has 0 spiro atoms. The molecule has 0 aromatic carbocycles. The molecule has 2 atom stereocenters. The van der Waals surface area contributed by atoms with Gasteiger partial charge in [-0.3, -0.25) is 4.98 Å². The molecule has 0 bridgehead atoms. The van der Waals surface area contributed by atoms with E-state index in [9.17, 15) is 5.11 Å². The Balaban J connectivity index is 1.97. The first-order valence-corrected chi connectivity index (χ1v) is 7.26. The number of nitrogens with zero attached hydrogens (tertiary/aromatic N) is 2. The van der Waals surface area contributed by atoms with Crippen LogP contribution in [-0.2, 0) is 0 Å². The molecule has 1 heterocycles. The number of anilines is 2. The van der Waals surface area contributed by atoms with Crippen molar-refractivity contribution in [1.82, 2.24) is 9.97 Å². The molecule has 106 valence electrons. The van der Waals surface area contributed by atoms with Crippen LogP contribution in [0.5, 0.6) is 0 Å². The SMILES string of the molecule is CCCNc1cncc(NC2CCCCC2CO)n1. The van der Waals surface area contributed by atoms with E-state index < -0.39 is 0 Å². The number of aliphatic hydroxyl groups is 1. The Hall–Kier alpha value is -1.36. The maximum absolute atomic E-state index is 9.42. The molecule has 1 aromatic heterocycles. The van der Waals surface area contributed by atoms with Gasteiger partial charge in [0.2, 0.25) is 0 Å². The fourth-order valence-corrected chi connectivity index (χ4v) is 2.58. The van der Waals surface area contributed by atoms with Crippen LogP contribution in [0.15, 0.2) is 12.4 Å². The molecule has 1 aromatic rings. The van der Waals surface area contributed by atoms with Gasteiger partial charge in [-0.1, -0.05) is 19.8 Å². The zero-order valence-electron chi connectivity index (χ0n) is 11.6. The lowest BCUT2D eigenvalue weighted by atomic mass is 9.85. The average Bonchev–Trinajstić information content (AvgIpc) is 2.46. The number of aliphatic hydroxyl groups excluding tert-OH is 1. The van der Waals surface area contributed by atoms with Crippen LogP contribution in [0.3, 0.4) is 0 Å². The first-order valence-electron chi connectivity index (χ1n) is 7.26. The fraction of sp³-hybridized carbons (Fsp3) is 0.714. The minimum Gasteiger partial charge on any atom is -0.396 e. The lowest BCUT2D eigenvalue weighted by Gasteiger charge is -2.31. The highest BCUT2D eigenvalue weighted by Gasteiger charge is 2.24. The van der Waals surface area contributed by atoms with Gasteiger partial charge in [-0.25, -0.2) is 4.98 Å². The van der Waals surface area contributed by atoms with Gasteiger partial charge in [0.25, 0.3) is 0 Å². The van der Waals surface area contributed by atoms with Gasteiger partial charge in [0.05, 0.1) is 12.4 Å². The molecule has 0 amide bonds. The van der Waals surface area contributed by atoms with Gasteiger partial charge in [-0.05, 0) is 19.3 Å². The Morgan fingerprint density at radius 2 is 2.05 bits per heavy atom. The maximum Gasteiger partial charge on any atom is 0.147 e. The van der Waals surface area contributed by atoms with Crippen LogP contribution in [-0.4, -0.2) is 34.3 Å². The second-order valence-electron chi connectivity index (χ2n) is 5.19. The highest BCUT2D eigenvalue weighted by Crippen LogP contribution is 2.26. The lowest BCUT2D eigenvalue weighted by Crippen LogP contribution is -2.34. The zero-order valence-corrected chi connectivity index (χ0v) is 11.6. The summed E-state index contributed by atoms with van der Waals surface area (Å²) < 4.78 is 0. The first-order chi connectivity index (χ1) is 9.33. The summed E-state index contributed by atoms with van der Waals surface area (Å²) in [5, 5.41) is 16.1. The summed E-state index contributed by atoms with van der Waals surface area (Å²) >= 11 is 0. The van der Waals surface area contributed by atoms with Crippen LogP contribution >= 0.6 is 0 Å². The zero-order chi connectivity index (χ0) is 13.5. The van der Waals surface area contributed by atoms with E-state index >= 15 is 0 Å². The Bertz CT molecular complexity index is 385. The van der Waals surface area contributed by atoms with E-state index in [1.807, 2.05) is 0 Å². The van der Waals surface area contributed by atoms with Crippen LogP contribution in [0.2, 0.25) is 0 Å². The molecule has 0 saturated heterocycles. The van der Waals surface area contributed by atoms with E-state index in [0.29, 0.717) is 12.0 Å². The summed E-state index contributed by atoms with van der Waals surface area (Å²) in [6.45, 7) is 3.27. The van der Waals surface area contributed by atoms with Crippen LogP contribution < -0.4 is 10.6 Å². The minimum absolute atomic E-state index is 0.249. The standard InChI is InChI=1S/C14H24N4O/c1-2-7-16-13-8-15-9-14(18-13)17-12-6-4-3-5-11(12)10-19/h8-9,11-12,19H,2-7,10H2,1H3,(H2,16,17,18). The van der Waals surface area contributed by atoms with Crippen LogP contribution in [0.25, 0.3) is 0 Å². The molecule has 19 heavy (non-hydrogen) atoms. The molecular weight excluding hydrogens is 240 g/mol. The van der Waals surface area contributed by atoms with E-state index in [-0.39, 0.29) is 6.61 Å². The summed E-state index contributed by atoms with van der Waals surface area (Å²) in [5.41, 5.74) is 0. The number of hydrogen-bond donors (Lipinski definition) is 3. The van der Waals surface area contributed by atoms with Crippen LogP contribution in [0.1, 0.15) is 39.0 Å². The molecule has 1 aliphatic carbocycles. The molecule has 1 fully saturated rings. The predicted molar refractivity (Wildman–Crippen MR) is 77.3 cm³/mol. The van der Waals surface area contributed by atoms with Gasteiger partial charge >= 0.3 is 0 Å². The molecular formula is C14H24N4O. The van der Waals surface area contributed by atoms with E-state index in [4.69, 9.17) is 0 Å². The molecule has 5 nitrogen and oxygen atoms in total. The number of hydrogen-bond acceptors (Lipinski definition) is 5. The molecule has 0 radical (unpaired) electrons. The Morgan fingerprint density at radius 1 is 1.26 bits per heavy atom. The lowest BCUT2D eigenvalue weighted by molar-refractivity contribution is 0.178. The Labute approximate surface area is 114 Å². The fourth-order valence-electron chi connectivity index (χ4n) is 2.58. The smallest absolute Gasteiger partial charge is 0.147 e. The van der Waals surface area contributed by atoms with Crippen molar-refractivity contribution in [3.8, 4) is 0 Å². The molecule has 3 N–H and O–H groups in total. The van der Waals surface area contributed by atoms with E-state index in [1.54, 1.807) is 12.4 Å². The Morgan fingerprint density at radius 3 is 2.84 bits per heavy atom. The summed E-state index contributed by atoms with van der Waals surface area (Å²) in [4.78, 5) is 8.71. The summed E-state index contributed by atoms with van der Waals surface area (Å²) in [6, 6.07) is 0.314. The molecule has 0 aliphatic heterocycles. The molecule has 2 unspecified atom stereocenters. The average molecular weight is 264 g/mol. The van der Waals surface area contributed by atoms with Crippen molar-refractivity contribution >= 4 is 11.6 Å². The third kappa shape index (κ3) is 4.06. The van der Waals surface area contributed by atoms with Gasteiger partial charge in [0.15, 0.2) is 0 Å². The van der Waals surface area contributed by atoms with Crippen LogP contribution in [0, 0.1) is 5.92 Å². The van der Waals surface area contributed by atoms with Crippen molar-refractivity contribution in [3.05, 3.63) is 12.4 Å². The third-order valence-electron chi connectivity index (χ3n) is 3.67. The predicted octanol–water partition coefficient (Wildman–Crippen LogP) is 2.26. The number of nitrogens with one attached hydrogen (secondary N) is 2. The quantitative estimate of drug-likeness (QED) is 0.735. The second-order valence-corrected chi connectivity index (χ2v) is 5.19. The second kappa shape index (κ2) is 7.28. The van der Waals surface area contributed by atoms with Gasteiger partial charge in [-0.2, -0.15) is 0 Å². The van der Waals surface area contributed by atoms with E-state index in [2.05, 4.69) is 27.5 Å². The van der Waals surface area contributed by atoms with Crippen molar-refractivity contribution in [2.24, 2.45) is 5.92 Å². The van der Waals surface area contributed by atoms with E-state index in [1.165, 1.54) is 12.8 Å². The number of aromatic nitrogens is 2. The van der Waals surface area contributed by atoms with Gasteiger partial charge in [0.1, 0.15) is 11.6 Å². The summed E-state index contributed by atoms with van der Waals surface area (Å²) in [5.74, 6) is 1.94. The highest BCUT2D eigenvalue weighted by atomic mass is 16.3. The van der Waals surface area contributed by atoms with Gasteiger partial charge < -0.3 is 15.7 Å². The van der Waals surface area contributed by atoms with Crippen molar-refractivity contribution in [2.75, 3.05) is 23.8 Å². The van der Waals surface area contributed by atoms with Gasteiger partial charge in [0, 0.05) is 25.1 Å². The summed E-state index contributed by atoms with van der Waals surface area (Å²) in [6.07, 6.45) is 9.18. The Kier molecular flexibility index (Phi) is 5.39. The first kappa shape index (κ1) is 14.1. The largest absolute Gasteiger partial charge is 0.396 e. The van der Waals surface area contributed by atoms with Crippen molar-refractivity contribution in [2.45, 2.75) is 45.1 Å². The van der Waals surface area contributed by atoms with Crippen molar-refractivity contribution < 1.29 is 5.11 Å². The van der Waals surface area contributed by atoms with Crippen LogP contribution in [0.4, 0.5) is 11.6 Å². The molecule has 2 rings (SSSR count). The minimum atomic E-state index is 0.249.